The van der Waals surface area contributed by atoms with Crippen molar-refractivity contribution >= 4 is 5.91 Å². The summed E-state index contributed by atoms with van der Waals surface area (Å²) >= 11 is 0. The number of hydrogen-bond acceptors (Lipinski definition) is 5. The highest BCUT2D eigenvalue weighted by Gasteiger charge is 2.31. The predicted molar refractivity (Wildman–Crippen MR) is 133 cm³/mol. The number of nitrogens with two attached hydrogens (primary N) is 2. The van der Waals surface area contributed by atoms with Gasteiger partial charge in [0.25, 0.3) is 5.91 Å². The monoisotopic (exact) mass is 448 g/mol. The number of nitrogens with zero attached hydrogens (tertiary/aromatic N) is 1. The summed E-state index contributed by atoms with van der Waals surface area (Å²) in [4.78, 5) is 15.0. The number of hydrogen-bond donors (Lipinski definition) is 3. The molecular weight excluding hydrogens is 412 g/mol. The Kier molecular flexibility index (Phi) is 7.35. The zero-order valence-electron chi connectivity index (χ0n) is 19.2. The van der Waals surface area contributed by atoms with Crippen LogP contribution in [0.25, 0.3) is 0 Å². The van der Waals surface area contributed by atoms with Gasteiger partial charge in [-0.1, -0.05) is 49.4 Å². The van der Waals surface area contributed by atoms with Gasteiger partial charge < -0.3 is 21.5 Å². The molecule has 1 amide bonds. The number of carbonyl (C=O) groups excluding carboxylic acids is 1. The Labute approximate surface area is 197 Å². The van der Waals surface area contributed by atoms with Gasteiger partial charge in [-0.2, -0.15) is 0 Å². The summed E-state index contributed by atoms with van der Waals surface area (Å²) in [6.07, 6.45) is 5.52. The van der Waals surface area contributed by atoms with Crippen molar-refractivity contribution in [3.8, 4) is 5.75 Å². The Morgan fingerprint density at radius 3 is 2.52 bits per heavy atom. The largest absolute Gasteiger partial charge is 0.489 e. The third-order valence-corrected chi connectivity index (χ3v) is 6.41. The van der Waals surface area contributed by atoms with E-state index in [-0.39, 0.29) is 19.1 Å². The van der Waals surface area contributed by atoms with Gasteiger partial charge in [-0.25, -0.2) is 0 Å². The molecule has 5 N–H and O–H groups in total. The van der Waals surface area contributed by atoms with Crippen LogP contribution in [-0.4, -0.2) is 29.9 Å². The first-order valence-electron chi connectivity index (χ1n) is 11.7. The first-order valence-corrected chi connectivity index (χ1v) is 11.7. The number of allylic oxidation sites excluding steroid dienone is 2. The van der Waals surface area contributed by atoms with Crippen LogP contribution in [0.5, 0.6) is 5.75 Å². The minimum absolute atomic E-state index is 0. The lowest BCUT2D eigenvalue weighted by Crippen LogP contribution is -2.41. The Hall–Kier alpha value is -3.25. The second-order valence-corrected chi connectivity index (χ2v) is 9.21. The number of carbonyl (C=O) groups is 1. The van der Waals surface area contributed by atoms with Gasteiger partial charge in [-0.3, -0.25) is 9.69 Å². The molecule has 0 bridgehead atoms. The predicted octanol–water partition coefficient (Wildman–Crippen LogP) is 3.54. The zero-order chi connectivity index (χ0) is 23.2. The SMILES string of the molecule is C[C@H]1CN(Cc2ccc(OCc3ccccc3)cc2)C[C@@H]1NC(=O)/C(N)=C/C(=C\N)C1CC1.[HH]. The van der Waals surface area contributed by atoms with E-state index in [1.54, 1.807) is 12.3 Å². The molecule has 2 fully saturated rings. The standard InChI is InChI=1S/C27H34N4O2.H2/c1-19-15-31(17-26(19)30-27(32)25(29)13-23(14-28)22-9-10-22)16-20-7-11-24(12-8-20)33-18-21-5-3-2-4-6-21;/h2-8,11-14,19,22,26H,9-10,15-18,28-29H2,1H3,(H,30,32);1H/b23-14+,25-13-;/t19-,26-;/m0./s1. The molecule has 33 heavy (non-hydrogen) atoms. The number of rotatable bonds is 9. The van der Waals surface area contributed by atoms with Crippen LogP contribution in [0.1, 0.15) is 32.3 Å². The number of benzene rings is 2. The topological polar surface area (TPSA) is 93.6 Å². The van der Waals surface area contributed by atoms with Crippen LogP contribution in [0.4, 0.5) is 0 Å². The molecular formula is C27H36N4O2. The van der Waals surface area contributed by atoms with Crippen LogP contribution in [0.15, 0.2) is 78.1 Å². The maximum atomic E-state index is 12.6. The van der Waals surface area contributed by atoms with Gasteiger partial charge in [0.15, 0.2) is 0 Å². The van der Waals surface area contributed by atoms with E-state index in [1.165, 1.54) is 5.56 Å². The van der Waals surface area contributed by atoms with E-state index in [1.807, 2.05) is 30.3 Å². The van der Waals surface area contributed by atoms with Crippen LogP contribution < -0.4 is 21.5 Å². The molecule has 0 radical (unpaired) electrons. The van der Waals surface area contributed by atoms with Gasteiger partial charge in [0.05, 0.1) is 5.70 Å². The molecule has 6 nitrogen and oxygen atoms in total. The van der Waals surface area contributed by atoms with Crippen molar-refractivity contribution in [2.75, 3.05) is 13.1 Å². The minimum Gasteiger partial charge on any atom is -0.489 e. The molecule has 1 aliphatic heterocycles. The second-order valence-electron chi connectivity index (χ2n) is 9.21. The molecule has 6 heteroatoms. The minimum atomic E-state index is -0.214. The summed E-state index contributed by atoms with van der Waals surface area (Å²) in [6, 6.07) is 18.5. The fourth-order valence-corrected chi connectivity index (χ4v) is 4.29. The van der Waals surface area contributed by atoms with Crippen LogP contribution in [0.2, 0.25) is 0 Å². The van der Waals surface area contributed by atoms with Gasteiger partial charge in [0.2, 0.25) is 0 Å². The van der Waals surface area contributed by atoms with Crippen molar-refractivity contribution in [1.82, 2.24) is 10.2 Å². The van der Waals surface area contributed by atoms with Crippen molar-refractivity contribution in [2.24, 2.45) is 23.3 Å². The number of ether oxygens (including phenoxy) is 1. The van der Waals surface area contributed by atoms with E-state index in [0.29, 0.717) is 18.4 Å². The molecule has 2 aliphatic rings. The quantitative estimate of drug-likeness (QED) is 0.403. The normalized spacial score (nSPS) is 21.7. The average molecular weight is 449 g/mol. The van der Waals surface area contributed by atoms with Crippen LogP contribution >= 0.6 is 0 Å². The van der Waals surface area contributed by atoms with Crippen molar-refractivity contribution in [3.05, 3.63) is 89.3 Å². The smallest absolute Gasteiger partial charge is 0.267 e. The van der Waals surface area contributed by atoms with Crippen molar-refractivity contribution in [2.45, 2.75) is 39.0 Å². The Balaban J connectivity index is 0.00000324. The summed E-state index contributed by atoms with van der Waals surface area (Å²) in [7, 11) is 0. The maximum Gasteiger partial charge on any atom is 0.267 e. The third-order valence-electron chi connectivity index (χ3n) is 6.41. The molecule has 2 atom stereocenters. The summed E-state index contributed by atoms with van der Waals surface area (Å²) in [5.74, 6) is 1.45. The lowest BCUT2D eigenvalue weighted by Gasteiger charge is -2.18. The van der Waals surface area contributed by atoms with Crippen molar-refractivity contribution in [3.63, 3.8) is 0 Å². The fraction of sp³-hybridized carbons (Fsp3) is 0.370. The van der Waals surface area contributed by atoms with Gasteiger partial charge in [0, 0.05) is 27.1 Å². The maximum absolute atomic E-state index is 12.6. The second kappa shape index (κ2) is 10.6. The molecule has 0 unspecified atom stereocenters. The molecule has 1 saturated heterocycles. The molecule has 0 aromatic heterocycles. The van der Waals surface area contributed by atoms with Crippen molar-refractivity contribution in [1.29, 1.82) is 0 Å². The number of nitrogens with one attached hydrogen (secondary N) is 1. The molecule has 2 aromatic carbocycles. The van der Waals surface area contributed by atoms with Gasteiger partial charge in [0.1, 0.15) is 12.4 Å². The average Bonchev–Trinajstić information content (AvgIpc) is 3.62. The third kappa shape index (κ3) is 6.39. The van der Waals surface area contributed by atoms with E-state index in [2.05, 4.69) is 41.4 Å². The van der Waals surface area contributed by atoms with Gasteiger partial charge >= 0.3 is 0 Å². The number of amides is 1. The van der Waals surface area contributed by atoms with E-state index < -0.39 is 0 Å². The molecule has 1 heterocycles. The molecule has 4 rings (SSSR count). The summed E-state index contributed by atoms with van der Waals surface area (Å²) in [5.41, 5.74) is 15.3. The highest BCUT2D eigenvalue weighted by Crippen LogP contribution is 2.36. The Bertz CT molecular complexity index is 1000. The molecule has 2 aromatic rings. The molecule has 176 valence electrons. The zero-order valence-corrected chi connectivity index (χ0v) is 19.2. The summed E-state index contributed by atoms with van der Waals surface area (Å²) in [6.45, 7) is 5.29. The molecule has 0 spiro atoms. The van der Waals surface area contributed by atoms with E-state index in [9.17, 15) is 4.79 Å². The van der Waals surface area contributed by atoms with Crippen molar-refractivity contribution < 1.29 is 11.0 Å². The van der Waals surface area contributed by atoms with Gasteiger partial charge in [-0.15, -0.1) is 0 Å². The summed E-state index contributed by atoms with van der Waals surface area (Å²) in [5, 5.41) is 3.11. The Morgan fingerprint density at radius 2 is 1.85 bits per heavy atom. The van der Waals surface area contributed by atoms with Crippen LogP contribution in [0, 0.1) is 11.8 Å². The summed E-state index contributed by atoms with van der Waals surface area (Å²) < 4.78 is 5.88. The Morgan fingerprint density at radius 1 is 1.12 bits per heavy atom. The lowest BCUT2D eigenvalue weighted by atomic mass is 10.1. The fourth-order valence-electron chi connectivity index (χ4n) is 4.29. The highest BCUT2D eigenvalue weighted by molar-refractivity contribution is 5.93. The first-order chi connectivity index (χ1) is 16.0. The lowest BCUT2D eigenvalue weighted by molar-refractivity contribution is -0.118. The molecule has 1 saturated carbocycles. The van der Waals surface area contributed by atoms with Crippen LogP contribution in [0.3, 0.4) is 0 Å². The van der Waals surface area contributed by atoms with E-state index >= 15 is 0 Å². The van der Waals surface area contributed by atoms with Crippen LogP contribution in [-0.2, 0) is 17.9 Å². The van der Waals surface area contributed by atoms with E-state index in [4.69, 9.17) is 16.2 Å². The number of likely N-dealkylation sites (tertiary alicyclic amines) is 1. The highest BCUT2D eigenvalue weighted by atomic mass is 16.5. The van der Waals surface area contributed by atoms with Gasteiger partial charge in [-0.05, 0) is 65.8 Å². The molecule has 1 aliphatic carbocycles. The first kappa shape index (κ1) is 22.9. The van der Waals surface area contributed by atoms with E-state index in [0.717, 1.165) is 49.4 Å².